The molecule has 2 aromatic carbocycles. The van der Waals surface area contributed by atoms with Gasteiger partial charge in [-0.05, 0) is 57.3 Å². The third kappa shape index (κ3) is 7.47. The van der Waals surface area contributed by atoms with Crippen molar-refractivity contribution in [3.63, 3.8) is 0 Å². The highest BCUT2D eigenvalue weighted by Gasteiger charge is 2.21. The average molecular weight is 472 g/mol. The largest absolute Gasteiger partial charge is 0.496 e. The van der Waals surface area contributed by atoms with Gasteiger partial charge in [0.1, 0.15) is 5.75 Å². The molecule has 0 spiro atoms. The average Bonchev–Trinajstić information content (AvgIpc) is 2.84. The number of likely N-dealkylation sites (tertiary alicyclic amines) is 1. The summed E-state index contributed by atoms with van der Waals surface area (Å²) in [4.78, 5) is 27.3. The van der Waals surface area contributed by atoms with Gasteiger partial charge >= 0.3 is 0 Å². The highest BCUT2D eigenvalue weighted by atomic mass is 35.5. The van der Waals surface area contributed by atoms with Crippen LogP contribution in [0.15, 0.2) is 42.5 Å². The molecule has 0 radical (unpaired) electrons. The first kappa shape index (κ1) is 25.1. The Hall–Kier alpha value is -2.57. The molecule has 2 aromatic rings. The van der Waals surface area contributed by atoms with Crippen LogP contribution in [0.4, 0.5) is 5.69 Å². The number of hydrogen-bond acceptors (Lipinski definition) is 5. The predicted octanol–water partition coefficient (Wildman–Crippen LogP) is 4.82. The van der Waals surface area contributed by atoms with Gasteiger partial charge in [-0.2, -0.15) is 0 Å². The van der Waals surface area contributed by atoms with Crippen LogP contribution in [0.3, 0.4) is 0 Å². The first-order chi connectivity index (χ1) is 16.0. The van der Waals surface area contributed by atoms with Crippen molar-refractivity contribution >= 4 is 29.0 Å². The SMILES string of the molecule is COc1cc(N)c(Cl)cc1C(=O)NCC1CCN(CCCCCC(=O)c2ccccc2)CC1. The van der Waals surface area contributed by atoms with Crippen LogP contribution >= 0.6 is 11.6 Å². The Morgan fingerprint density at radius 3 is 2.55 bits per heavy atom. The highest BCUT2D eigenvalue weighted by Crippen LogP contribution is 2.29. The Morgan fingerprint density at radius 1 is 1.12 bits per heavy atom. The Labute approximate surface area is 201 Å². The van der Waals surface area contributed by atoms with Crippen LogP contribution in [0.2, 0.25) is 5.02 Å². The number of ether oxygens (including phenoxy) is 1. The summed E-state index contributed by atoms with van der Waals surface area (Å²) >= 11 is 6.07. The number of carbonyl (C=O) groups is 2. The summed E-state index contributed by atoms with van der Waals surface area (Å²) in [7, 11) is 1.51. The van der Waals surface area contributed by atoms with E-state index < -0.39 is 0 Å². The lowest BCUT2D eigenvalue weighted by molar-refractivity contribution is 0.0932. The first-order valence-corrected chi connectivity index (χ1v) is 12.1. The number of anilines is 1. The molecular weight excluding hydrogens is 438 g/mol. The zero-order chi connectivity index (χ0) is 23.6. The molecule has 0 atom stereocenters. The minimum atomic E-state index is -0.193. The van der Waals surface area contributed by atoms with Gasteiger partial charge in [0, 0.05) is 24.6 Å². The molecule has 1 aliphatic heterocycles. The lowest BCUT2D eigenvalue weighted by Gasteiger charge is -2.32. The molecule has 7 heteroatoms. The van der Waals surface area contributed by atoms with Crippen LogP contribution in [-0.2, 0) is 0 Å². The van der Waals surface area contributed by atoms with Crippen LogP contribution in [0.1, 0.15) is 59.2 Å². The molecule has 3 rings (SSSR count). The standard InChI is InChI=1S/C26H34ClN3O3/c1-33-25-17-23(28)22(27)16-21(25)26(32)29-18-19-11-14-30(15-12-19)13-7-3-6-10-24(31)20-8-4-2-5-9-20/h2,4-5,8-9,16-17,19H,3,6-7,10-15,18,28H2,1H3,(H,29,32). The van der Waals surface area contributed by atoms with Gasteiger partial charge in [-0.15, -0.1) is 0 Å². The monoisotopic (exact) mass is 471 g/mol. The number of nitrogens with two attached hydrogens (primary N) is 1. The minimum Gasteiger partial charge on any atom is -0.496 e. The number of benzene rings is 2. The number of amides is 1. The fourth-order valence-corrected chi connectivity index (χ4v) is 4.39. The van der Waals surface area contributed by atoms with Crippen LogP contribution in [-0.4, -0.2) is 49.9 Å². The summed E-state index contributed by atoms with van der Waals surface area (Å²) in [6.07, 6.45) is 5.87. The topological polar surface area (TPSA) is 84.7 Å². The molecule has 6 nitrogen and oxygen atoms in total. The van der Waals surface area contributed by atoms with E-state index >= 15 is 0 Å². The summed E-state index contributed by atoms with van der Waals surface area (Å²) in [6.45, 7) is 3.79. The number of nitrogen functional groups attached to an aromatic ring is 1. The smallest absolute Gasteiger partial charge is 0.255 e. The third-order valence-electron chi connectivity index (χ3n) is 6.30. The van der Waals surface area contributed by atoms with Crippen molar-refractivity contribution in [3.05, 3.63) is 58.6 Å². The number of nitrogens with one attached hydrogen (secondary N) is 1. The number of nitrogens with zero attached hydrogens (tertiary/aromatic N) is 1. The van der Waals surface area contributed by atoms with Gasteiger partial charge in [0.2, 0.25) is 0 Å². The molecule has 33 heavy (non-hydrogen) atoms. The molecule has 1 fully saturated rings. The number of methoxy groups -OCH3 is 1. The van der Waals surface area contributed by atoms with E-state index in [0.717, 1.165) is 57.3 Å². The van der Waals surface area contributed by atoms with Crippen molar-refractivity contribution in [1.29, 1.82) is 0 Å². The summed E-state index contributed by atoms with van der Waals surface area (Å²) in [5.41, 5.74) is 7.40. The fourth-order valence-electron chi connectivity index (χ4n) is 4.23. The Bertz CT molecular complexity index is 928. The summed E-state index contributed by atoms with van der Waals surface area (Å²) in [6, 6.07) is 12.7. The maximum absolute atomic E-state index is 12.6. The van der Waals surface area contributed by atoms with Crippen LogP contribution in [0.25, 0.3) is 0 Å². The summed E-state index contributed by atoms with van der Waals surface area (Å²) in [5, 5.41) is 3.37. The second-order valence-corrected chi connectivity index (χ2v) is 9.08. The van der Waals surface area contributed by atoms with E-state index in [2.05, 4.69) is 10.2 Å². The number of rotatable bonds is 11. The molecule has 3 N–H and O–H groups in total. The minimum absolute atomic E-state index is 0.193. The van der Waals surface area contributed by atoms with E-state index in [1.54, 1.807) is 12.1 Å². The molecule has 0 unspecified atom stereocenters. The lowest BCUT2D eigenvalue weighted by atomic mass is 9.96. The van der Waals surface area contributed by atoms with Crippen molar-refractivity contribution in [1.82, 2.24) is 10.2 Å². The second kappa shape index (κ2) is 12.6. The van der Waals surface area contributed by atoms with Crippen molar-refractivity contribution < 1.29 is 14.3 Å². The van der Waals surface area contributed by atoms with Gasteiger partial charge in [-0.3, -0.25) is 9.59 Å². The number of carbonyl (C=O) groups excluding carboxylic acids is 2. The molecule has 0 saturated carbocycles. The predicted molar refractivity (Wildman–Crippen MR) is 133 cm³/mol. The molecule has 1 saturated heterocycles. The zero-order valence-corrected chi connectivity index (χ0v) is 20.1. The second-order valence-electron chi connectivity index (χ2n) is 8.67. The molecule has 0 aliphatic carbocycles. The molecule has 1 heterocycles. The normalized spacial score (nSPS) is 14.7. The highest BCUT2D eigenvalue weighted by molar-refractivity contribution is 6.33. The molecule has 1 aliphatic rings. The van der Waals surface area contributed by atoms with Gasteiger partial charge in [0.05, 0.1) is 23.4 Å². The van der Waals surface area contributed by atoms with Crippen molar-refractivity contribution in [2.75, 3.05) is 39.0 Å². The molecule has 0 bridgehead atoms. The van der Waals surface area contributed by atoms with E-state index in [9.17, 15) is 9.59 Å². The van der Waals surface area contributed by atoms with E-state index in [-0.39, 0.29) is 11.7 Å². The van der Waals surface area contributed by atoms with Crippen LogP contribution in [0, 0.1) is 5.92 Å². The van der Waals surface area contributed by atoms with Gasteiger partial charge in [0.15, 0.2) is 5.78 Å². The number of piperidine rings is 1. The fraction of sp³-hybridized carbons (Fsp3) is 0.462. The maximum atomic E-state index is 12.6. The van der Waals surface area contributed by atoms with Gasteiger partial charge < -0.3 is 20.7 Å². The van der Waals surface area contributed by atoms with Gasteiger partial charge in [0.25, 0.3) is 5.91 Å². The number of Topliss-reactive ketones (excluding diaryl/α,β-unsaturated/α-hetero) is 1. The number of ketones is 1. The number of unbranched alkanes of at least 4 members (excludes halogenated alkanes) is 2. The third-order valence-corrected chi connectivity index (χ3v) is 6.62. The van der Waals surface area contributed by atoms with E-state index in [1.807, 2.05) is 30.3 Å². The van der Waals surface area contributed by atoms with Gasteiger partial charge in [-0.25, -0.2) is 0 Å². The van der Waals surface area contributed by atoms with Gasteiger partial charge in [-0.1, -0.05) is 48.4 Å². The van der Waals surface area contributed by atoms with E-state index in [0.29, 0.717) is 40.9 Å². The van der Waals surface area contributed by atoms with Crippen LogP contribution in [0.5, 0.6) is 5.75 Å². The van der Waals surface area contributed by atoms with Crippen molar-refractivity contribution in [2.24, 2.45) is 5.92 Å². The Morgan fingerprint density at radius 2 is 1.85 bits per heavy atom. The molecule has 1 amide bonds. The number of hydrogen-bond donors (Lipinski definition) is 2. The number of halogens is 1. The zero-order valence-electron chi connectivity index (χ0n) is 19.3. The van der Waals surface area contributed by atoms with E-state index in [1.165, 1.54) is 7.11 Å². The van der Waals surface area contributed by atoms with E-state index in [4.69, 9.17) is 22.1 Å². The summed E-state index contributed by atoms with van der Waals surface area (Å²) in [5.74, 6) is 0.928. The Balaban J connectivity index is 1.31. The molecule has 0 aromatic heterocycles. The quantitative estimate of drug-likeness (QED) is 0.279. The van der Waals surface area contributed by atoms with Crippen LogP contribution < -0.4 is 15.8 Å². The van der Waals surface area contributed by atoms with Crippen molar-refractivity contribution in [3.8, 4) is 5.75 Å². The maximum Gasteiger partial charge on any atom is 0.255 e. The lowest BCUT2D eigenvalue weighted by Crippen LogP contribution is -2.39. The molecule has 178 valence electrons. The molecular formula is C26H34ClN3O3. The first-order valence-electron chi connectivity index (χ1n) is 11.7. The Kier molecular flexibility index (Phi) is 9.58. The summed E-state index contributed by atoms with van der Waals surface area (Å²) < 4.78 is 5.27. The van der Waals surface area contributed by atoms with Crippen molar-refractivity contribution in [2.45, 2.75) is 38.5 Å².